The Morgan fingerprint density at radius 2 is 1.72 bits per heavy atom. The van der Waals surface area contributed by atoms with Gasteiger partial charge in [0.15, 0.2) is 23.9 Å². The molecule has 0 aliphatic carbocycles. The monoisotopic (exact) mass is 498 g/mol. The average molecular weight is 499 g/mol. The second-order valence-electron chi connectivity index (χ2n) is 8.08. The molecule has 1 heterocycles. The number of carbonyl (C=O) groups excluding carboxylic acids is 4. The van der Waals surface area contributed by atoms with Crippen molar-refractivity contribution in [2.75, 3.05) is 45.8 Å². The van der Waals surface area contributed by atoms with Crippen LogP contribution in [0.1, 0.15) is 40.5 Å². The number of benzene rings is 2. The Kier molecular flexibility index (Phi) is 9.40. The van der Waals surface area contributed by atoms with Crippen LogP contribution in [0.25, 0.3) is 0 Å². The molecule has 1 N–H and O–H groups in total. The summed E-state index contributed by atoms with van der Waals surface area (Å²) in [4.78, 5) is 51.3. The van der Waals surface area contributed by atoms with E-state index in [4.69, 9.17) is 18.9 Å². The van der Waals surface area contributed by atoms with Gasteiger partial charge in [0.05, 0.1) is 32.8 Å². The number of rotatable bonds is 11. The number of Topliss-reactive ketones (excluding diaryl/α,β-unsaturated/α-hetero) is 1. The van der Waals surface area contributed by atoms with Crippen LogP contribution in [-0.4, -0.2) is 75.1 Å². The summed E-state index contributed by atoms with van der Waals surface area (Å²) in [6, 6.07) is 10.7. The number of nitrogens with one attached hydrogen (secondary N) is 1. The Morgan fingerprint density at radius 3 is 2.39 bits per heavy atom. The summed E-state index contributed by atoms with van der Waals surface area (Å²) < 4.78 is 20.9. The summed E-state index contributed by atoms with van der Waals surface area (Å²) in [6.07, 6.45) is -0.0620. The number of amides is 2. The molecule has 0 bridgehead atoms. The molecular formula is C26H30N2O8. The number of ketones is 1. The van der Waals surface area contributed by atoms with Crippen LogP contribution in [0.15, 0.2) is 42.5 Å². The smallest absolute Gasteiger partial charge is 0.338 e. The fourth-order valence-corrected chi connectivity index (χ4v) is 3.71. The molecule has 0 saturated carbocycles. The molecule has 1 atom stereocenters. The SMILES string of the molecule is CCCN1CCOC(CC(=O)Nc2ccc(C(=O)OCC(=O)c3ccc(OC)c(OC)c3)cc2)C1=O. The van der Waals surface area contributed by atoms with Crippen LogP contribution in [0, 0.1) is 0 Å². The molecule has 2 aromatic rings. The number of esters is 1. The highest BCUT2D eigenvalue weighted by Gasteiger charge is 2.30. The Hall–Kier alpha value is -3.92. The van der Waals surface area contributed by atoms with Crippen LogP contribution in [0.2, 0.25) is 0 Å². The third-order valence-corrected chi connectivity index (χ3v) is 5.58. The summed E-state index contributed by atoms with van der Waals surface area (Å²) in [5.74, 6) is -0.759. The Balaban J connectivity index is 1.50. The van der Waals surface area contributed by atoms with Crippen LogP contribution in [-0.2, 0) is 19.1 Å². The highest BCUT2D eigenvalue weighted by molar-refractivity contribution is 6.00. The lowest BCUT2D eigenvalue weighted by Crippen LogP contribution is -2.49. The Morgan fingerprint density at radius 1 is 1.03 bits per heavy atom. The first-order valence-electron chi connectivity index (χ1n) is 11.6. The van der Waals surface area contributed by atoms with E-state index in [1.54, 1.807) is 17.0 Å². The van der Waals surface area contributed by atoms with Gasteiger partial charge in [-0.2, -0.15) is 0 Å². The van der Waals surface area contributed by atoms with E-state index in [1.165, 1.54) is 44.6 Å². The lowest BCUT2D eigenvalue weighted by molar-refractivity contribution is -0.155. The second kappa shape index (κ2) is 12.7. The highest BCUT2D eigenvalue weighted by atomic mass is 16.5. The summed E-state index contributed by atoms with van der Waals surface area (Å²) in [6.45, 7) is 3.10. The van der Waals surface area contributed by atoms with Gasteiger partial charge in [-0.25, -0.2) is 4.79 Å². The molecule has 192 valence electrons. The topological polar surface area (TPSA) is 120 Å². The van der Waals surface area contributed by atoms with E-state index in [9.17, 15) is 19.2 Å². The quantitative estimate of drug-likeness (QED) is 0.371. The van der Waals surface area contributed by atoms with Gasteiger partial charge in [0, 0.05) is 24.3 Å². The van der Waals surface area contributed by atoms with Gasteiger partial charge in [0.2, 0.25) is 5.91 Å². The molecule has 1 aliphatic rings. The van der Waals surface area contributed by atoms with Crippen molar-refractivity contribution in [1.82, 2.24) is 4.90 Å². The molecule has 3 rings (SSSR count). The van der Waals surface area contributed by atoms with Crippen molar-refractivity contribution in [2.24, 2.45) is 0 Å². The molecule has 2 amide bonds. The lowest BCUT2D eigenvalue weighted by Gasteiger charge is -2.32. The largest absolute Gasteiger partial charge is 0.493 e. The maximum Gasteiger partial charge on any atom is 0.338 e. The molecule has 1 saturated heterocycles. The molecule has 10 nitrogen and oxygen atoms in total. The van der Waals surface area contributed by atoms with Gasteiger partial charge >= 0.3 is 5.97 Å². The van der Waals surface area contributed by atoms with Crippen molar-refractivity contribution < 1.29 is 38.1 Å². The molecule has 1 fully saturated rings. The molecule has 0 spiro atoms. The van der Waals surface area contributed by atoms with Crippen LogP contribution in [0.5, 0.6) is 11.5 Å². The fourth-order valence-electron chi connectivity index (χ4n) is 3.71. The van der Waals surface area contributed by atoms with E-state index in [1.807, 2.05) is 6.92 Å². The molecule has 2 aromatic carbocycles. The number of ether oxygens (including phenoxy) is 4. The van der Waals surface area contributed by atoms with Crippen LogP contribution in [0.3, 0.4) is 0 Å². The average Bonchev–Trinajstić information content (AvgIpc) is 2.89. The number of anilines is 1. The normalized spacial score (nSPS) is 15.2. The molecule has 1 aliphatic heterocycles. The molecule has 1 unspecified atom stereocenters. The maximum absolute atomic E-state index is 12.4. The van der Waals surface area contributed by atoms with Gasteiger partial charge in [-0.05, 0) is 48.9 Å². The van der Waals surface area contributed by atoms with Crippen LogP contribution >= 0.6 is 0 Å². The van der Waals surface area contributed by atoms with Gasteiger partial charge in [-0.15, -0.1) is 0 Å². The van der Waals surface area contributed by atoms with E-state index >= 15 is 0 Å². The van der Waals surface area contributed by atoms with Crippen molar-refractivity contribution in [1.29, 1.82) is 0 Å². The predicted molar refractivity (Wildman–Crippen MR) is 130 cm³/mol. The highest BCUT2D eigenvalue weighted by Crippen LogP contribution is 2.27. The predicted octanol–water partition coefficient (Wildman–Crippen LogP) is 2.71. The zero-order valence-electron chi connectivity index (χ0n) is 20.6. The molecule has 10 heteroatoms. The third kappa shape index (κ3) is 6.82. The second-order valence-corrected chi connectivity index (χ2v) is 8.08. The number of methoxy groups -OCH3 is 2. The summed E-state index contributed by atoms with van der Waals surface area (Å²) in [5.41, 5.74) is 0.984. The summed E-state index contributed by atoms with van der Waals surface area (Å²) in [5, 5.41) is 2.70. The first kappa shape index (κ1) is 26.7. The molecular weight excluding hydrogens is 468 g/mol. The minimum absolute atomic E-state index is 0.0961. The Labute approximate surface area is 209 Å². The summed E-state index contributed by atoms with van der Waals surface area (Å²) >= 11 is 0. The number of hydrogen-bond acceptors (Lipinski definition) is 8. The molecule has 36 heavy (non-hydrogen) atoms. The summed E-state index contributed by atoms with van der Waals surface area (Å²) in [7, 11) is 2.95. The minimum atomic E-state index is -0.803. The van der Waals surface area contributed by atoms with Gasteiger partial charge in [0.1, 0.15) is 6.10 Å². The third-order valence-electron chi connectivity index (χ3n) is 5.58. The fraction of sp³-hybridized carbons (Fsp3) is 0.385. The van der Waals surface area contributed by atoms with Gasteiger partial charge in [-0.1, -0.05) is 6.92 Å². The zero-order chi connectivity index (χ0) is 26.1. The van der Waals surface area contributed by atoms with Crippen LogP contribution in [0.4, 0.5) is 5.69 Å². The molecule has 0 aromatic heterocycles. The van der Waals surface area contributed by atoms with Crippen molar-refractivity contribution >= 4 is 29.3 Å². The van der Waals surface area contributed by atoms with Crippen molar-refractivity contribution in [3.05, 3.63) is 53.6 Å². The van der Waals surface area contributed by atoms with Crippen molar-refractivity contribution in [3.8, 4) is 11.5 Å². The minimum Gasteiger partial charge on any atom is -0.493 e. The van der Waals surface area contributed by atoms with E-state index in [0.29, 0.717) is 42.4 Å². The number of nitrogens with zero attached hydrogens (tertiary/aromatic N) is 1. The number of morpholine rings is 1. The van der Waals surface area contributed by atoms with Gasteiger partial charge in [0.25, 0.3) is 5.91 Å². The van der Waals surface area contributed by atoms with Gasteiger partial charge < -0.3 is 29.2 Å². The standard InChI is InChI=1S/C26H30N2O8/c1-4-11-28-12-13-35-23(25(28)31)15-24(30)27-19-8-5-17(6-9-19)26(32)36-16-20(29)18-7-10-21(33-2)22(14-18)34-3/h5-10,14,23H,4,11-13,15-16H2,1-3H3,(H,27,30). The molecule has 0 radical (unpaired) electrons. The zero-order valence-corrected chi connectivity index (χ0v) is 20.6. The maximum atomic E-state index is 12.4. The van der Waals surface area contributed by atoms with Crippen molar-refractivity contribution in [3.63, 3.8) is 0 Å². The number of carbonyl (C=O) groups is 4. The lowest BCUT2D eigenvalue weighted by atomic mass is 10.1. The first-order valence-corrected chi connectivity index (χ1v) is 11.6. The van der Waals surface area contributed by atoms with Crippen LogP contribution < -0.4 is 14.8 Å². The van der Waals surface area contributed by atoms with E-state index in [2.05, 4.69) is 5.32 Å². The number of hydrogen-bond donors (Lipinski definition) is 1. The van der Waals surface area contributed by atoms with E-state index in [-0.39, 0.29) is 23.8 Å². The van der Waals surface area contributed by atoms with Gasteiger partial charge in [-0.3, -0.25) is 14.4 Å². The van der Waals surface area contributed by atoms with E-state index in [0.717, 1.165) is 6.42 Å². The van der Waals surface area contributed by atoms with E-state index < -0.39 is 24.5 Å². The van der Waals surface area contributed by atoms with Crippen molar-refractivity contribution in [2.45, 2.75) is 25.9 Å². The first-order chi connectivity index (χ1) is 17.4. The Bertz CT molecular complexity index is 1100.